The first-order chi connectivity index (χ1) is 6.72. The smallest absolute Gasteiger partial charge is 0.411 e. The monoisotopic (exact) mass is 192 g/mol. The van der Waals surface area contributed by atoms with E-state index in [1.54, 1.807) is 24.3 Å². The molecule has 1 aromatic rings. The van der Waals surface area contributed by atoms with Gasteiger partial charge in [-0.15, -0.1) is 0 Å². The Morgan fingerprint density at radius 3 is 3.07 bits per heavy atom. The number of rotatable bonds is 3. The summed E-state index contributed by atoms with van der Waals surface area (Å²) in [5, 5.41) is 2.53. The highest BCUT2D eigenvalue weighted by Crippen LogP contribution is 2.11. The number of anilines is 2. The molecule has 14 heavy (non-hydrogen) atoms. The minimum atomic E-state index is -0.518. The zero-order valence-corrected chi connectivity index (χ0v) is 7.69. The maximum Gasteiger partial charge on any atom is 0.411 e. The van der Waals surface area contributed by atoms with Crippen LogP contribution in [0.3, 0.4) is 0 Å². The molecule has 74 valence electrons. The van der Waals surface area contributed by atoms with Gasteiger partial charge in [-0.05, 0) is 18.2 Å². The highest BCUT2D eigenvalue weighted by atomic mass is 16.5. The van der Waals surface area contributed by atoms with E-state index in [9.17, 15) is 4.79 Å². The first kappa shape index (κ1) is 10.1. The van der Waals surface area contributed by atoms with E-state index in [0.29, 0.717) is 11.4 Å². The standard InChI is InChI=1S/C10H12N2O2/c1-2-6-14-10(13)12-9-5-3-4-8(11)7-9/h2-5,7H,1,6,11H2,(H,12,13). The number of hydrogen-bond acceptors (Lipinski definition) is 3. The van der Waals surface area contributed by atoms with Crippen LogP contribution in [0.1, 0.15) is 0 Å². The Balaban J connectivity index is 2.51. The van der Waals surface area contributed by atoms with Gasteiger partial charge in [-0.1, -0.05) is 18.7 Å². The molecule has 0 heterocycles. The molecule has 1 rings (SSSR count). The molecule has 0 saturated heterocycles. The highest BCUT2D eigenvalue weighted by molar-refractivity contribution is 5.85. The largest absolute Gasteiger partial charge is 0.445 e. The van der Waals surface area contributed by atoms with Gasteiger partial charge in [-0.25, -0.2) is 4.79 Å². The molecule has 4 nitrogen and oxygen atoms in total. The summed E-state index contributed by atoms with van der Waals surface area (Å²) in [6.07, 6.45) is 0.981. The number of hydrogen-bond donors (Lipinski definition) is 2. The summed E-state index contributed by atoms with van der Waals surface area (Å²) in [6.45, 7) is 3.62. The minimum absolute atomic E-state index is 0.189. The van der Waals surface area contributed by atoms with Gasteiger partial charge in [0, 0.05) is 11.4 Å². The van der Waals surface area contributed by atoms with Crippen molar-refractivity contribution in [3.63, 3.8) is 0 Å². The fourth-order valence-corrected chi connectivity index (χ4v) is 0.905. The number of carbonyl (C=O) groups excluding carboxylic acids is 1. The van der Waals surface area contributed by atoms with Crippen LogP contribution in [0, 0.1) is 0 Å². The van der Waals surface area contributed by atoms with Gasteiger partial charge >= 0.3 is 6.09 Å². The van der Waals surface area contributed by atoms with Crippen molar-refractivity contribution in [1.82, 2.24) is 0 Å². The van der Waals surface area contributed by atoms with E-state index in [2.05, 4.69) is 11.9 Å². The third-order valence-corrected chi connectivity index (χ3v) is 1.47. The van der Waals surface area contributed by atoms with Gasteiger partial charge in [0.05, 0.1) is 0 Å². The minimum Gasteiger partial charge on any atom is -0.445 e. The number of nitrogens with one attached hydrogen (secondary N) is 1. The number of carbonyl (C=O) groups is 1. The predicted molar refractivity (Wildman–Crippen MR) is 56.0 cm³/mol. The number of nitrogens with two attached hydrogens (primary N) is 1. The molecule has 0 aliphatic rings. The molecule has 3 N–H and O–H groups in total. The summed E-state index contributed by atoms with van der Waals surface area (Å²) in [4.78, 5) is 11.1. The topological polar surface area (TPSA) is 64.3 Å². The Hall–Kier alpha value is -1.97. The lowest BCUT2D eigenvalue weighted by Gasteiger charge is -2.05. The van der Waals surface area contributed by atoms with Crippen LogP contribution in [0.2, 0.25) is 0 Å². The van der Waals surface area contributed by atoms with Gasteiger partial charge in [0.15, 0.2) is 0 Å². The third kappa shape index (κ3) is 3.18. The molecule has 4 heteroatoms. The second kappa shape index (κ2) is 4.91. The first-order valence-electron chi connectivity index (χ1n) is 4.12. The van der Waals surface area contributed by atoms with Crippen LogP contribution < -0.4 is 11.1 Å². The molecular weight excluding hydrogens is 180 g/mol. The summed E-state index contributed by atoms with van der Waals surface area (Å²) in [6, 6.07) is 6.86. The molecule has 0 unspecified atom stereocenters. The normalized spacial score (nSPS) is 9.14. The molecule has 0 aliphatic carbocycles. The SMILES string of the molecule is C=CCOC(=O)Nc1cccc(N)c1. The Labute approximate surface area is 82.4 Å². The molecule has 0 atom stereocenters. The van der Waals surface area contributed by atoms with E-state index in [4.69, 9.17) is 10.5 Å². The molecule has 0 radical (unpaired) electrons. The van der Waals surface area contributed by atoms with Gasteiger partial charge in [-0.3, -0.25) is 5.32 Å². The molecule has 1 amide bonds. The third-order valence-electron chi connectivity index (χ3n) is 1.47. The van der Waals surface area contributed by atoms with Crippen molar-refractivity contribution >= 4 is 17.5 Å². The Kier molecular flexibility index (Phi) is 3.55. The van der Waals surface area contributed by atoms with Gasteiger partial charge < -0.3 is 10.5 Å². The van der Waals surface area contributed by atoms with Crippen molar-refractivity contribution in [3.05, 3.63) is 36.9 Å². The summed E-state index contributed by atoms with van der Waals surface area (Å²) in [5.74, 6) is 0. The summed E-state index contributed by atoms with van der Waals surface area (Å²) >= 11 is 0. The van der Waals surface area contributed by atoms with Crippen molar-refractivity contribution < 1.29 is 9.53 Å². The highest BCUT2D eigenvalue weighted by Gasteiger charge is 2.00. The second-order valence-electron chi connectivity index (χ2n) is 2.64. The van der Waals surface area contributed by atoms with Crippen LogP contribution in [0.4, 0.5) is 16.2 Å². The average Bonchev–Trinajstić information content (AvgIpc) is 2.15. The van der Waals surface area contributed by atoms with Gasteiger partial charge in [0.25, 0.3) is 0 Å². The van der Waals surface area contributed by atoms with Crippen LogP contribution in [0.15, 0.2) is 36.9 Å². The fraction of sp³-hybridized carbons (Fsp3) is 0.100. The van der Waals surface area contributed by atoms with E-state index in [-0.39, 0.29) is 6.61 Å². The summed E-state index contributed by atoms with van der Waals surface area (Å²) in [7, 11) is 0. The lowest BCUT2D eigenvalue weighted by molar-refractivity contribution is 0.174. The summed E-state index contributed by atoms with van der Waals surface area (Å²) < 4.78 is 4.73. The van der Waals surface area contributed by atoms with Crippen LogP contribution >= 0.6 is 0 Å². The van der Waals surface area contributed by atoms with Crippen LogP contribution in [-0.4, -0.2) is 12.7 Å². The Bertz CT molecular complexity index is 337. The maximum absolute atomic E-state index is 11.1. The number of benzene rings is 1. The molecule has 0 bridgehead atoms. The van der Waals surface area contributed by atoms with Gasteiger partial charge in [0.2, 0.25) is 0 Å². The van der Waals surface area contributed by atoms with E-state index >= 15 is 0 Å². The number of amides is 1. The molecular formula is C10H12N2O2. The second-order valence-corrected chi connectivity index (χ2v) is 2.64. The predicted octanol–water partition coefficient (Wildman–Crippen LogP) is 2.00. The van der Waals surface area contributed by atoms with E-state index < -0.39 is 6.09 Å². The van der Waals surface area contributed by atoms with Crippen molar-refractivity contribution in [2.45, 2.75) is 0 Å². The maximum atomic E-state index is 11.1. The first-order valence-corrected chi connectivity index (χ1v) is 4.12. The molecule has 0 spiro atoms. The lowest BCUT2D eigenvalue weighted by Crippen LogP contribution is -2.13. The lowest BCUT2D eigenvalue weighted by atomic mass is 10.3. The van der Waals surface area contributed by atoms with Crippen LogP contribution in [-0.2, 0) is 4.74 Å². The van der Waals surface area contributed by atoms with Crippen molar-refractivity contribution in [3.8, 4) is 0 Å². The van der Waals surface area contributed by atoms with Gasteiger partial charge in [-0.2, -0.15) is 0 Å². The molecule has 0 aromatic heterocycles. The molecule has 0 fully saturated rings. The molecule has 0 aliphatic heterocycles. The van der Waals surface area contributed by atoms with E-state index in [1.807, 2.05) is 0 Å². The Morgan fingerprint density at radius 2 is 2.43 bits per heavy atom. The number of nitrogen functional groups attached to an aromatic ring is 1. The molecule has 0 saturated carbocycles. The van der Waals surface area contributed by atoms with E-state index in [0.717, 1.165) is 0 Å². The van der Waals surface area contributed by atoms with Crippen molar-refractivity contribution in [2.75, 3.05) is 17.7 Å². The van der Waals surface area contributed by atoms with Crippen LogP contribution in [0.25, 0.3) is 0 Å². The number of ether oxygens (including phenoxy) is 1. The zero-order chi connectivity index (χ0) is 10.4. The van der Waals surface area contributed by atoms with Crippen LogP contribution in [0.5, 0.6) is 0 Å². The Morgan fingerprint density at radius 1 is 1.64 bits per heavy atom. The van der Waals surface area contributed by atoms with Gasteiger partial charge in [0.1, 0.15) is 6.61 Å². The molecule has 1 aromatic carbocycles. The quantitative estimate of drug-likeness (QED) is 0.568. The summed E-state index contributed by atoms with van der Waals surface area (Å²) in [5.41, 5.74) is 6.73. The van der Waals surface area contributed by atoms with Crippen molar-refractivity contribution in [1.29, 1.82) is 0 Å². The average molecular weight is 192 g/mol. The van der Waals surface area contributed by atoms with E-state index in [1.165, 1.54) is 6.08 Å². The zero-order valence-electron chi connectivity index (χ0n) is 7.69. The van der Waals surface area contributed by atoms with Crippen molar-refractivity contribution in [2.24, 2.45) is 0 Å². The fourth-order valence-electron chi connectivity index (χ4n) is 0.905.